The molecule has 4 heteroatoms. The molecular formula is C21H28N2O2. The van der Waals surface area contributed by atoms with Crippen molar-refractivity contribution in [2.24, 2.45) is 0 Å². The molecule has 1 aliphatic rings. The minimum Gasteiger partial charge on any atom is -0.497 e. The van der Waals surface area contributed by atoms with E-state index in [9.17, 15) is 5.11 Å². The van der Waals surface area contributed by atoms with Gasteiger partial charge in [-0.05, 0) is 29.7 Å². The van der Waals surface area contributed by atoms with Crippen LogP contribution in [0.2, 0.25) is 0 Å². The van der Waals surface area contributed by atoms with Crippen molar-refractivity contribution < 1.29 is 9.84 Å². The van der Waals surface area contributed by atoms with Crippen LogP contribution in [0, 0.1) is 0 Å². The largest absolute Gasteiger partial charge is 0.497 e. The lowest BCUT2D eigenvalue weighted by molar-refractivity contribution is 0.0730. The second-order valence-corrected chi connectivity index (χ2v) is 6.67. The average Bonchev–Trinajstić information content (AvgIpc) is 2.68. The second-order valence-electron chi connectivity index (χ2n) is 6.67. The normalized spacial score (nSPS) is 17.4. The number of β-amino-alcohol motifs (C(OH)–C–C–N with tert-alkyl or cyclic N) is 1. The van der Waals surface area contributed by atoms with Crippen LogP contribution in [0.25, 0.3) is 0 Å². The minimum absolute atomic E-state index is 0.396. The van der Waals surface area contributed by atoms with Gasteiger partial charge in [0.25, 0.3) is 0 Å². The van der Waals surface area contributed by atoms with Gasteiger partial charge in [-0.15, -0.1) is 0 Å². The van der Waals surface area contributed by atoms with E-state index in [4.69, 9.17) is 4.74 Å². The van der Waals surface area contributed by atoms with Crippen molar-refractivity contribution in [3.63, 3.8) is 0 Å². The van der Waals surface area contributed by atoms with Crippen LogP contribution in [-0.4, -0.2) is 61.3 Å². The Morgan fingerprint density at radius 2 is 1.56 bits per heavy atom. The fourth-order valence-electron chi connectivity index (χ4n) is 3.30. The highest BCUT2D eigenvalue weighted by Gasteiger charge is 2.19. The SMILES string of the molecule is COc1ccc(CCN2CCN(C[C@H](O)c3ccccc3)CC2)cc1. The van der Waals surface area contributed by atoms with Gasteiger partial charge in [-0.25, -0.2) is 0 Å². The van der Waals surface area contributed by atoms with Gasteiger partial charge in [0.1, 0.15) is 5.75 Å². The number of aliphatic hydroxyl groups is 1. The van der Waals surface area contributed by atoms with Crippen molar-refractivity contribution in [2.45, 2.75) is 12.5 Å². The Bertz CT molecular complexity index is 622. The highest BCUT2D eigenvalue weighted by molar-refractivity contribution is 5.27. The van der Waals surface area contributed by atoms with Gasteiger partial charge in [0.2, 0.25) is 0 Å². The molecule has 0 bridgehead atoms. The van der Waals surface area contributed by atoms with Crippen molar-refractivity contribution in [2.75, 3.05) is 46.4 Å². The molecule has 1 aliphatic heterocycles. The van der Waals surface area contributed by atoms with Crippen molar-refractivity contribution in [3.8, 4) is 5.75 Å². The van der Waals surface area contributed by atoms with E-state index < -0.39 is 6.10 Å². The summed E-state index contributed by atoms with van der Waals surface area (Å²) in [6.07, 6.45) is 0.670. The first-order valence-electron chi connectivity index (χ1n) is 9.05. The first kappa shape index (κ1) is 17.9. The zero-order valence-electron chi connectivity index (χ0n) is 15.0. The summed E-state index contributed by atoms with van der Waals surface area (Å²) in [5.74, 6) is 0.911. The van der Waals surface area contributed by atoms with Crippen LogP contribution in [0.4, 0.5) is 0 Å². The molecule has 1 N–H and O–H groups in total. The lowest BCUT2D eigenvalue weighted by Crippen LogP contribution is -2.47. The number of methoxy groups -OCH3 is 1. The number of benzene rings is 2. The Hall–Kier alpha value is -1.88. The summed E-state index contributed by atoms with van der Waals surface area (Å²) in [6.45, 7) is 5.98. The van der Waals surface area contributed by atoms with Gasteiger partial charge in [0.15, 0.2) is 0 Å². The van der Waals surface area contributed by atoms with E-state index >= 15 is 0 Å². The highest BCUT2D eigenvalue weighted by atomic mass is 16.5. The van der Waals surface area contributed by atoms with E-state index in [2.05, 4.69) is 21.9 Å². The molecule has 4 nitrogen and oxygen atoms in total. The summed E-state index contributed by atoms with van der Waals surface area (Å²) in [5.41, 5.74) is 2.35. The molecule has 2 aromatic rings. The Kier molecular flexibility index (Phi) is 6.45. The topological polar surface area (TPSA) is 35.9 Å². The number of rotatable bonds is 7. The molecule has 0 aromatic heterocycles. The molecule has 134 valence electrons. The number of piperazine rings is 1. The van der Waals surface area contributed by atoms with Gasteiger partial charge in [-0.1, -0.05) is 42.5 Å². The Labute approximate surface area is 150 Å². The van der Waals surface area contributed by atoms with Gasteiger partial charge in [0, 0.05) is 39.3 Å². The fourth-order valence-corrected chi connectivity index (χ4v) is 3.30. The summed E-state index contributed by atoms with van der Waals surface area (Å²) < 4.78 is 5.20. The summed E-state index contributed by atoms with van der Waals surface area (Å²) >= 11 is 0. The lowest BCUT2D eigenvalue weighted by Gasteiger charge is -2.35. The smallest absolute Gasteiger partial charge is 0.118 e. The van der Waals surface area contributed by atoms with Crippen molar-refractivity contribution >= 4 is 0 Å². The fraction of sp³-hybridized carbons (Fsp3) is 0.429. The molecule has 0 amide bonds. The molecule has 0 saturated carbocycles. The molecule has 3 rings (SSSR count). The van der Waals surface area contributed by atoms with E-state index in [1.807, 2.05) is 42.5 Å². The van der Waals surface area contributed by atoms with Crippen LogP contribution in [0.15, 0.2) is 54.6 Å². The average molecular weight is 340 g/mol. The predicted molar refractivity (Wildman–Crippen MR) is 101 cm³/mol. The first-order chi connectivity index (χ1) is 12.2. The molecule has 1 heterocycles. The molecule has 1 atom stereocenters. The van der Waals surface area contributed by atoms with Crippen molar-refractivity contribution in [3.05, 3.63) is 65.7 Å². The van der Waals surface area contributed by atoms with Gasteiger partial charge in [-0.3, -0.25) is 4.90 Å². The third kappa shape index (κ3) is 5.30. The molecule has 25 heavy (non-hydrogen) atoms. The van der Waals surface area contributed by atoms with E-state index in [1.54, 1.807) is 7.11 Å². The number of aliphatic hydroxyl groups excluding tert-OH is 1. The number of nitrogens with zero attached hydrogens (tertiary/aromatic N) is 2. The van der Waals surface area contributed by atoms with Gasteiger partial charge in [0.05, 0.1) is 13.2 Å². The summed E-state index contributed by atoms with van der Waals surface area (Å²) in [5, 5.41) is 10.4. The maximum absolute atomic E-state index is 10.4. The number of ether oxygens (including phenoxy) is 1. The van der Waals surface area contributed by atoms with Crippen LogP contribution in [0.1, 0.15) is 17.2 Å². The summed E-state index contributed by atoms with van der Waals surface area (Å²) in [4.78, 5) is 4.87. The minimum atomic E-state index is -0.396. The first-order valence-corrected chi connectivity index (χ1v) is 9.05. The maximum Gasteiger partial charge on any atom is 0.118 e. The van der Waals surface area contributed by atoms with E-state index in [-0.39, 0.29) is 0 Å². The van der Waals surface area contributed by atoms with Gasteiger partial charge in [-0.2, -0.15) is 0 Å². The van der Waals surface area contributed by atoms with E-state index in [1.165, 1.54) is 5.56 Å². The van der Waals surface area contributed by atoms with E-state index in [0.717, 1.165) is 57.0 Å². The third-order valence-electron chi connectivity index (χ3n) is 4.96. The monoisotopic (exact) mass is 340 g/mol. The number of hydrogen-bond donors (Lipinski definition) is 1. The van der Waals surface area contributed by atoms with E-state index in [0.29, 0.717) is 0 Å². The third-order valence-corrected chi connectivity index (χ3v) is 4.96. The quantitative estimate of drug-likeness (QED) is 0.840. The van der Waals surface area contributed by atoms with Crippen molar-refractivity contribution in [1.82, 2.24) is 9.80 Å². The highest BCUT2D eigenvalue weighted by Crippen LogP contribution is 2.16. The lowest BCUT2D eigenvalue weighted by atomic mass is 10.1. The molecule has 0 unspecified atom stereocenters. The Morgan fingerprint density at radius 1 is 0.920 bits per heavy atom. The molecule has 1 saturated heterocycles. The van der Waals surface area contributed by atoms with Crippen molar-refractivity contribution in [1.29, 1.82) is 0 Å². The summed E-state index contributed by atoms with van der Waals surface area (Å²) in [6, 6.07) is 18.3. The molecule has 1 fully saturated rings. The zero-order chi connectivity index (χ0) is 17.5. The zero-order valence-corrected chi connectivity index (χ0v) is 15.0. The maximum atomic E-state index is 10.4. The van der Waals surface area contributed by atoms with Gasteiger partial charge >= 0.3 is 0 Å². The second kappa shape index (κ2) is 8.99. The van der Waals surface area contributed by atoms with Crippen LogP contribution in [-0.2, 0) is 6.42 Å². The molecular weight excluding hydrogens is 312 g/mol. The van der Waals surface area contributed by atoms with Crippen LogP contribution in [0.3, 0.4) is 0 Å². The van der Waals surface area contributed by atoms with Gasteiger partial charge < -0.3 is 14.7 Å². The Morgan fingerprint density at radius 3 is 2.20 bits per heavy atom. The number of hydrogen-bond acceptors (Lipinski definition) is 4. The van der Waals surface area contributed by atoms with Crippen LogP contribution in [0.5, 0.6) is 5.75 Å². The van der Waals surface area contributed by atoms with Crippen LogP contribution < -0.4 is 4.74 Å². The Balaban J connectivity index is 1.39. The molecule has 0 aliphatic carbocycles. The molecule has 0 radical (unpaired) electrons. The predicted octanol–water partition coefficient (Wildman–Crippen LogP) is 2.59. The van der Waals surface area contributed by atoms with Crippen LogP contribution >= 0.6 is 0 Å². The molecule has 0 spiro atoms. The molecule has 2 aromatic carbocycles. The summed E-state index contributed by atoms with van der Waals surface area (Å²) in [7, 11) is 1.70. The standard InChI is InChI=1S/C21H28N2O2/c1-25-20-9-7-18(8-10-20)11-12-22-13-15-23(16-14-22)17-21(24)19-5-3-2-4-6-19/h2-10,21,24H,11-17H2,1H3/t21-/m0/s1.